The van der Waals surface area contributed by atoms with Crippen LogP contribution < -0.4 is 0 Å². The summed E-state index contributed by atoms with van der Waals surface area (Å²) in [5.74, 6) is 0. The van der Waals surface area contributed by atoms with E-state index in [1.807, 2.05) is 0 Å². The molecule has 0 saturated carbocycles. The molecule has 0 aliphatic rings. The summed E-state index contributed by atoms with van der Waals surface area (Å²) in [6, 6.07) is 0. The topological polar surface area (TPSA) is 0 Å². The molecule has 0 heterocycles. The van der Waals surface area contributed by atoms with Gasteiger partial charge in [0.1, 0.15) is 4.49 Å². The molecule has 0 aliphatic carbocycles. The van der Waals surface area contributed by atoms with Crippen molar-refractivity contribution in [2.24, 2.45) is 0 Å². The van der Waals surface area contributed by atoms with E-state index in [0.29, 0.717) is 0 Å². The standard InChI is InChI=1S/C5Cl8/c6-1(2(7)4(9)10)3(8)5(11,12)13. The van der Waals surface area contributed by atoms with Gasteiger partial charge in [0.05, 0.1) is 15.1 Å². The fourth-order valence-electron chi connectivity index (χ4n) is 0.304. The monoisotopic (exact) mass is 340 g/mol. The minimum Gasteiger partial charge on any atom is -0.0828 e. The van der Waals surface area contributed by atoms with Crippen LogP contribution in [0.1, 0.15) is 0 Å². The lowest BCUT2D eigenvalue weighted by Gasteiger charge is -2.11. The fraction of sp³-hybridized carbons (Fsp3) is 0.200. The van der Waals surface area contributed by atoms with E-state index in [4.69, 9.17) is 92.8 Å². The number of rotatable bonds is 1. The van der Waals surface area contributed by atoms with Gasteiger partial charge in [0, 0.05) is 0 Å². The molecule has 0 amide bonds. The first-order valence-corrected chi connectivity index (χ1v) is 5.54. The van der Waals surface area contributed by atoms with Gasteiger partial charge < -0.3 is 0 Å². The van der Waals surface area contributed by atoms with Crippen LogP contribution in [-0.2, 0) is 0 Å². The van der Waals surface area contributed by atoms with Crippen LogP contribution in [-0.4, -0.2) is 3.79 Å². The van der Waals surface area contributed by atoms with Gasteiger partial charge in [-0.3, -0.25) is 0 Å². The van der Waals surface area contributed by atoms with Crippen molar-refractivity contribution in [1.82, 2.24) is 0 Å². The smallest absolute Gasteiger partial charge is 0.0828 e. The average molecular weight is 344 g/mol. The van der Waals surface area contributed by atoms with Crippen molar-refractivity contribution in [1.29, 1.82) is 0 Å². The molecule has 8 heteroatoms. The molecule has 0 fully saturated rings. The Kier molecular flexibility index (Phi) is 6.57. The van der Waals surface area contributed by atoms with Gasteiger partial charge in [0.2, 0.25) is 3.79 Å². The quantitative estimate of drug-likeness (QED) is 0.409. The number of allylic oxidation sites excluding steroid dienone is 3. The Morgan fingerprint density at radius 3 is 1.31 bits per heavy atom. The molecule has 0 aromatic heterocycles. The molecule has 0 aromatic rings. The first kappa shape index (κ1) is 14.8. The van der Waals surface area contributed by atoms with Gasteiger partial charge in [-0.2, -0.15) is 0 Å². The highest BCUT2D eigenvalue weighted by Crippen LogP contribution is 2.43. The molecule has 13 heavy (non-hydrogen) atoms. The van der Waals surface area contributed by atoms with Gasteiger partial charge in [0.25, 0.3) is 0 Å². The number of hydrogen-bond acceptors (Lipinski definition) is 0. The highest BCUT2D eigenvalue weighted by molar-refractivity contribution is 6.74. The second-order valence-corrected chi connectivity index (χ2v) is 6.06. The van der Waals surface area contributed by atoms with Crippen molar-refractivity contribution >= 4 is 92.8 Å². The van der Waals surface area contributed by atoms with Crippen LogP contribution in [0.5, 0.6) is 0 Å². The van der Waals surface area contributed by atoms with E-state index in [9.17, 15) is 0 Å². The molecule has 0 aliphatic heterocycles. The molecule has 0 saturated heterocycles. The van der Waals surface area contributed by atoms with Crippen LogP contribution in [0, 0.1) is 0 Å². The van der Waals surface area contributed by atoms with Gasteiger partial charge in [-0.1, -0.05) is 92.8 Å². The predicted octanol–water partition coefficient (Wildman–Crippen LogP) is 5.93. The normalized spacial score (nSPS) is 13.8. The molecule has 0 radical (unpaired) electrons. The van der Waals surface area contributed by atoms with Gasteiger partial charge in [0.15, 0.2) is 0 Å². The van der Waals surface area contributed by atoms with Crippen molar-refractivity contribution in [3.63, 3.8) is 0 Å². The Bertz CT molecular complexity index is 252. The van der Waals surface area contributed by atoms with E-state index >= 15 is 0 Å². The molecular weight excluding hydrogens is 344 g/mol. The maximum absolute atomic E-state index is 5.60. The fourth-order valence-corrected chi connectivity index (χ4v) is 1.49. The molecule has 0 spiro atoms. The van der Waals surface area contributed by atoms with Crippen molar-refractivity contribution in [3.8, 4) is 0 Å². The highest BCUT2D eigenvalue weighted by Gasteiger charge is 2.28. The van der Waals surface area contributed by atoms with Crippen LogP contribution >= 0.6 is 92.8 Å². The van der Waals surface area contributed by atoms with E-state index in [1.54, 1.807) is 0 Å². The Balaban J connectivity index is 5.18. The van der Waals surface area contributed by atoms with Crippen LogP contribution in [0.4, 0.5) is 0 Å². The van der Waals surface area contributed by atoms with Crippen LogP contribution in [0.25, 0.3) is 0 Å². The van der Waals surface area contributed by atoms with Gasteiger partial charge in [-0.15, -0.1) is 0 Å². The van der Waals surface area contributed by atoms with Crippen LogP contribution in [0.15, 0.2) is 19.6 Å². The average Bonchev–Trinajstić information content (AvgIpc) is 1.98. The first-order chi connectivity index (χ1) is 5.68. The van der Waals surface area contributed by atoms with Crippen LogP contribution in [0.2, 0.25) is 0 Å². The molecular formula is C5Cl8. The van der Waals surface area contributed by atoms with Crippen molar-refractivity contribution in [2.45, 2.75) is 3.79 Å². The summed E-state index contributed by atoms with van der Waals surface area (Å²) < 4.78 is -2.12. The van der Waals surface area contributed by atoms with E-state index in [0.717, 1.165) is 0 Å². The zero-order valence-corrected chi connectivity index (χ0v) is 11.6. The summed E-state index contributed by atoms with van der Waals surface area (Å²) in [5.41, 5.74) is 0. The lowest BCUT2D eigenvalue weighted by atomic mass is 10.5. The molecule has 0 bridgehead atoms. The Labute approximate surface area is 115 Å². The minimum absolute atomic E-state index is 0.179. The summed E-state index contributed by atoms with van der Waals surface area (Å²) in [5, 5.41) is -0.660. The van der Waals surface area contributed by atoms with Crippen molar-refractivity contribution < 1.29 is 0 Å². The lowest BCUT2D eigenvalue weighted by Crippen LogP contribution is -2.03. The first-order valence-electron chi connectivity index (χ1n) is 2.51. The van der Waals surface area contributed by atoms with E-state index in [-0.39, 0.29) is 19.6 Å². The van der Waals surface area contributed by atoms with Gasteiger partial charge in [-0.25, -0.2) is 0 Å². The third-order valence-electron chi connectivity index (χ3n) is 0.800. The molecule has 0 unspecified atom stereocenters. The molecule has 0 aromatic carbocycles. The largest absolute Gasteiger partial charge is 0.227 e. The number of alkyl halides is 3. The predicted molar refractivity (Wildman–Crippen MR) is 63.6 cm³/mol. The second-order valence-electron chi connectivity index (χ2n) is 1.70. The lowest BCUT2D eigenvalue weighted by molar-refractivity contribution is 1.39. The minimum atomic E-state index is -1.86. The van der Waals surface area contributed by atoms with E-state index in [1.165, 1.54) is 0 Å². The number of halogens is 8. The second kappa shape index (κ2) is 5.77. The third-order valence-corrected chi connectivity index (χ3v) is 3.65. The zero-order chi connectivity index (χ0) is 10.8. The van der Waals surface area contributed by atoms with Gasteiger partial charge in [-0.05, 0) is 0 Å². The summed E-state index contributed by atoms with van der Waals surface area (Å²) in [4.78, 5) is 0. The maximum Gasteiger partial charge on any atom is 0.227 e. The molecule has 0 nitrogen and oxygen atoms in total. The summed E-state index contributed by atoms with van der Waals surface area (Å²) in [6.45, 7) is 0. The zero-order valence-electron chi connectivity index (χ0n) is 5.52. The van der Waals surface area contributed by atoms with Crippen LogP contribution in [0.3, 0.4) is 0 Å². The Morgan fingerprint density at radius 2 is 1.08 bits per heavy atom. The SMILES string of the molecule is ClC(Cl)=C(Cl)C(Cl)=C(Cl)C(Cl)(Cl)Cl. The molecule has 0 N–H and O–H groups in total. The summed E-state index contributed by atoms with van der Waals surface area (Å²) in [6.07, 6.45) is 0. The van der Waals surface area contributed by atoms with Crippen molar-refractivity contribution in [3.05, 3.63) is 19.6 Å². The number of hydrogen-bond donors (Lipinski definition) is 0. The molecule has 76 valence electrons. The highest BCUT2D eigenvalue weighted by atomic mass is 35.6. The summed E-state index contributed by atoms with van der Waals surface area (Å²) in [7, 11) is 0. The van der Waals surface area contributed by atoms with E-state index in [2.05, 4.69) is 0 Å². The van der Waals surface area contributed by atoms with E-state index < -0.39 is 3.79 Å². The Hall–Kier alpha value is 1.80. The Morgan fingerprint density at radius 1 is 0.692 bits per heavy atom. The molecule has 0 atom stereocenters. The summed E-state index contributed by atoms with van der Waals surface area (Å²) >= 11 is 43.6. The third kappa shape index (κ3) is 4.90. The van der Waals surface area contributed by atoms with Crippen molar-refractivity contribution in [2.75, 3.05) is 0 Å². The maximum atomic E-state index is 5.60. The van der Waals surface area contributed by atoms with Gasteiger partial charge >= 0.3 is 0 Å². The molecule has 0 rings (SSSR count).